The van der Waals surface area contributed by atoms with Crippen LogP contribution in [0.3, 0.4) is 0 Å². The van der Waals surface area contributed by atoms with Crippen molar-refractivity contribution in [3.8, 4) is 0 Å². The number of hydrogen-bond acceptors (Lipinski definition) is 4. The molecule has 26 heavy (non-hydrogen) atoms. The summed E-state index contributed by atoms with van der Waals surface area (Å²) in [7, 11) is 0. The number of hydrogen-bond donors (Lipinski definition) is 1. The Balaban J connectivity index is 1.50. The van der Waals surface area contributed by atoms with Gasteiger partial charge in [0.25, 0.3) is 5.56 Å². The second-order valence-electron chi connectivity index (χ2n) is 6.09. The summed E-state index contributed by atoms with van der Waals surface area (Å²) >= 11 is 1.65. The summed E-state index contributed by atoms with van der Waals surface area (Å²) in [5.41, 5.74) is 1.35. The average Bonchev–Trinajstić information content (AvgIpc) is 3.06. The van der Waals surface area contributed by atoms with Gasteiger partial charge in [0.2, 0.25) is 5.58 Å². The van der Waals surface area contributed by atoms with Crippen molar-refractivity contribution in [2.75, 3.05) is 0 Å². The zero-order valence-electron chi connectivity index (χ0n) is 13.7. The molecule has 4 nitrogen and oxygen atoms in total. The normalized spacial score (nSPS) is 11.5. The van der Waals surface area contributed by atoms with Gasteiger partial charge in [-0.05, 0) is 35.0 Å². The maximum atomic E-state index is 12.4. The summed E-state index contributed by atoms with van der Waals surface area (Å²) < 4.78 is 5.64. The highest BCUT2D eigenvalue weighted by molar-refractivity contribution is 7.98. The first-order chi connectivity index (χ1) is 12.8. The zero-order valence-corrected chi connectivity index (χ0v) is 14.5. The third kappa shape index (κ3) is 2.57. The minimum Gasteiger partial charge on any atom is -0.449 e. The molecule has 5 heteroatoms. The number of aromatic amines is 1. The van der Waals surface area contributed by atoms with Gasteiger partial charge in [0.1, 0.15) is 16.9 Å². The fourth-order valence-corrected chi connectivity index (χ4v) is 3.94. The van der Waals surface area contributed by atoms with Crippen LogP contribution in [0.25, 0.3) is 32.8 Å². The van der Waals surface area contributed by atoms with Crippen LogP contribution in [-0.2, 0) is 5.75 Å². The highest BCUT2D eigenvalue weighted by atomic mass is 32.2. The van der Waals surface area contributed by atoms with E-state index in [1.54, 1.807) is 11.8 Å². The SMILES string of the molecule is O=c1[nH]c(CSc2ccc3ccccc3c2)nc2c1oc1ccccc12. The standard InChI is InChI=1S/C21H14N2O2S/c24-21-20-19(16-7-3-4-8-17(16)25-20)22-18(23-21)12-26-15-10-9-13-5-1-2-6-14(13)11-15/h1-11H,12H2,(H,22,23,24). The van der Waals surface area contributed by atoms with Crippen LogP contribution in [0.1, 0.15) is 5.82 Å². The average molecular weight is 358 g/mol. The number of nitrogens with zero attached hydrogens (tertiary/aromatic N) is 1. The van der Waals surface area contributed by atoms with Crippen LogP contribution in [0.5, 0.6) is 0 Å². The lowest BCUT2D eigenvalue weighted by molar-refractivity contribution is 0.660. The number of para-hydroxylation sites is 1. The van der Waals surface area contributed by atoms with Crippen LogP contribution in [0.2, 0.25) is 0 Å². The van der Waals surface area contributed by atoms with Gasteiger partial charge in [-0.2, -0.15) is 0 Å². The number of rotatable bonds is 3. The Labute approximate surface area is 152 Å². The van der Waals surface area contributed by atoms with E-state index in [-0.39, 0.29) is 11.1 Å². The van der Waals surface area contributed by atoms with Crippen molar-refractivity contribution in [2.24, 2.45) is 0 Å². The molecule has 5 rings (SSSR count). The van der Waals surface area contributed by atoms with E-state index in [2.05, 4.69) is 40.3 Å². The van der Waals surface area contributed by atoms with Crippen molar-refractivity contribution in [1.82, 2.24) is 9.97 Å². The fourth-order valence-electron chi connectivity index (χ4n) is 3.12. The first kappa shape index (κ1) is 15.2. The molecule has 0 amide bonds. The molecule has 0 unspecified atom stereocenters. The molecule has 0 saturated heterocycles. The molecular formula is C21H14N2O2S. The minimum atomic E-state index is -0.236. The molecule has 2 aromatic heterocycles. The molecule has 2 heterocycles. The van der Waals surface area contributed by atoms with E-state index in [4.69, 9.17) is 4.42 Å². The number of furan rings is 1. The lowest BCUT2D eigenvalue weighted by Crippen LogP contribution is -2.10. The Kier molecular flexibility index (Phi) is 3.53. The molecule has 0 atom stereocenters. The van der Waals surface area contributed by atoms with Gasteiger partial charge in [0, 0.05) is 10.3 Å². The summed E-state index contributed by atoms with van der Waals surface area (Å²) in [4.78, 5) is 21.0. The molecule has 0 aliphatic carbocycles. The molecular weight excluding hydrogens is 344 g/mol. The van der Waals surface area contributed by atoms with Crippen molar-refractivity contribution < 1.29 is 4.42 Å². The van der Waals surface area contributed by atoms with Crippen molar-refractivity contribution in [3.63, 3.8) is 0 Å². The zero-order chi connectivity index (χ0) is 17.5. The van der Waals surface area contributed by atoms with E-state index in [1.807, 2.05) is 36.4 Å². The van der Waals surface area contributed by atoms with E-state index in [1.165, 1.54) is 10.8 Å². The van der Waals surface area contributed by atoms with Gasteiger partial charge in [0.15, 0.2) is 0 Å². The van der Waals surface area contributed by atoms with Crippen molar-refractivity contribution in [2.45, 2.75) is 10.6 Å². The first-order valence-electron chi connectivity index (χ1n) is 8.30. The third-order valence-corrected chi connectivity index (χ3v) is 5.38. The number of nitrogens with one attached hydrogen (secondary N) is 1. The van der Waals surface area contributed by atoms with Gasteiger partial charge >= 0.3 is 0 Å². The molecule has 0 fully saturated rings. The van der Waals surface area contributed by atoms with Gasteiger partial charge in [-0.1, -0.05) is 42.5 Å². The second-order valence-corrected chi connectivity index (χ2v) is 7.13. The summed E-state index contributed by atoms with van der Waals surface area (Å²) in [5, 5.41) is 3.29. The van der Waals surface area contributed by atoms with Gasteiger partial charge < -0.3 is 9.40 Å². The van der Waals surface area contributed by atoms with Crippen LogP contribution < -0.4 is 5.56 Å². The van der Waals surface area contributed by atoms with E-state index in [0.29, 0.717) is 22.7 Å². The van der Waals surface area contributed by atoms with Crippen molar-refractivity contribution >= 4 is 44.6 Å². The number of H-pyrrole nitrogens is 1. The lowest BCUT2D eigenvalue weighted by Gasteiger charge is -2.04. The molecule has 3 aromatic carbocycles. The summed E-state index contributed by atoms with van der Waals surface area (Å²) in [6, 6.07) is 22.2. The van der Waals surface area contributed by atoms with Crippen LogP contribution in [-0.4, -0.2) is 9.97 Å². The Morgan fingerprint density at radius 1 is 0.962 bits per heavy atom. The second kappa shape index (κ2) is 6.04. The number of fused-ring (bicyclic) bond motifs is 4. The molecule has 0 saturated carbocycles. The Morgan fingerprint density at radius 2 is 1.77 bits per heavy atom. The number of thioether (sulfide) groups is 1. The van der Waals surface area contributed by atoms with Crippen LogP contribution in [0.4, 0.5) is 0 Å². The van der Waals surface area contributed by atoms with Gasteiger partial charge in [-0.25, -0.2) is 4.98 Å². The maximum absolute atomic E-state index is 12.4. The van der Waals surface area contributed by atoms with Crippen molar-refractivity contribution in [1.29, 1.82) is 0 Å². The van der Waals surface area contributed by atoms with Crippen LogP contribution >= 0.6 is 11.8 Å². The number of benzene rings is 3. The predicted octanol–water partition coefficient (Wildman–Crippen LogP) is 5.11. The lowest BCUT2D eigenvalue weighted by atomic mass is 10.1. The monoisotopic (exact) mass is 358 g/mol. The van der Waals surface area contributed by atoms with E-state index >= 15 is 0 Å². The van der Waals surface area contributed by atoms with Crippen LogP contribution in [0, 0.1) is 0 Å². The third-order valence-electron chi connectivity index (χ3n) is 4.38. The molecule has 126 valence electrons. The summed E-state index contributed by atoms with van der Waals surface area (Å²) in [6.07, 6.45) is 0. The molecule has 0 bridgehead atoms. The van der Waals surface area contributed by atoms with Gasteiger partial charge in [-0.3, -0.25) is 4.79 Å². The largest absolute Gasteiger partial charge is 0.449 e. The quantitative estimate of drug-likeness (QED) is 0.455. The summed E-state index contributed by atoms with van der Waals surface area (Å²) in [6.45, 7) is 0. The highest BCUT2D eigenvalue weighted by Gasteiger charge is 2.13. The molecule has 0 aliphatic rings. The Hall–Kier alpha value is -3.05. The Morgan fingerprint density at radius 3 is 2.69 bits per heavy atom. The predicted molar refractivity (Wildman–Crippen MR) is 106 cm³/mol. The molecule has 1 N–H and O–H groups in total. The van der Waals surface area contributed by atoms with Gasteiger partial charge in [-0.15, -0.1) is 11.8 Å². The molecule has 0 radical (unpaired) electrons. The smallest absolute Gasteiger partial charge is 0.294 e. The molecule has 0 aliphatic heterocycles. The molecule has 5 aromatic rings. The Bertz CT molecular complexity index is 1320. The van der Waals surface area contributed by atoms with Crippen LogP contribution in [0.15, 0.2) is 80.8 Å². The van der Waals surface area contributed by atoms with E-state index in [0.717, 1.165) is 10.3 Å². The van der Waals surface area contributed by atoms with Gasteiger partial charge in [0.05, 0.1) is 5.75 Å². The fraction of sp³-hybridized carbons (Fsp3) is 0.0476. The topological polar surface area (TPSA) is 58.9 Å². The van der Waals surface area contributed by atoms with E-state index in [9.17, 15) is 4.79 Å². The van der Waals surface area contributed by atoms with E-state index < -0.39 is 0 Å². The maximum Gasteiger partial charge on any atom is 0.294 e. The highest BCUT2D eigenvalue weighted by Crippen LogP contribution is 2.28. The first-order valence-corrected chi connectivity index (χ1v) is 9.28. The molecule has 0 spiro atoms. The number of aromatic nitrogens is 2. The summed E-state index contributed by atoms with van der Waals surface area (Å²) in [5.74, 6) is 1.23. The minimum absolute atomic E-state index is 0.236. The van der Waals surface area contributed by atoms with Crippen molar-refractivity contribution in [3.05, 3.63) is 82.9 Å².